The summed E-state index contributed by atoms with van der Waals surface area (Å²) in [6.45, 7) is 0. The van der Waals surface area contributed by atoms with Gasteiger partial charge in [0.1, 0.15) is 5.82 Å². The maximum Gasteiger partial charge on any atom is 0.165 e. The Kier molecular flexibility index (Phi) is 7.40. The van der Waals surface area contributed by atoms with E-state index in [1.807, 2.05) is 42.6 Å². The van der Waals surface area contributed by atoms with Crippen LogP contribution in [0.25, 0.3) is 94.8 Å². The van der Waals surface area contributed by atoms with E-state index in [2.05, 4.69) is 150 Å². The zero-order chi connectivity index (χ0) is 35.1. The van der Waals surface area contributed by atoms with E-state index in [1.54, 1.807) is 0 Å². The topological polar surface area (TPSA) is 56.5 Å². The summed E-state index contributed by atoms with van der Waals surface area (Å²) in [5.74, 6) is 2.62. The zero-order valence-electron chi connectivity index (χ0n) is 28.6. The third-order valence-electron chi connectivity index (χ3n) is 9.92. The lowest BCUT2D eigenvalue weighted by Crippen LogP contribution is -2.01. The standard InChI is InChI=1S/C48H31N5/c1-4-12-32(13-5-1)34-20-22-37(23-21-34)47-50-46(36-17-8-3-9-18-36)51-48(52-47)39-26-29-44(49-31-39)53-42-28-25-35-16-10-11-19-40(35)45(42)41-27-24-38(30-43(41)53)33-14-6-2-7-15-33/h1-31H. The summed E-state index contributed by atoms with van der Waals surface area (Å²) in [6, 6.07) is 63.2. The summed E-state index contributed by atoms with van der Waals surface area (Å²) < 4.78 is 2.27. The second-order valence-corrected chi connectivity index (χ2v) is 13.1. The lowest BCUT2D eigenvalue weighted by atomic mass is 10.0. The molecule has 0 atom stereocenters. The Morgan fingerprint density at radius 2 is 0.849 bits per heavy atom. The molecule has 5 heteroatoms. The highest BCUT2D eigenvalue weighted by Gasteiger charge is 2.18. The van der Waals surface area contributed by atoms with Crippen molar-refractivity contribution in [2.24, 2.45) is 0 Å². The highest BCUT2D eigenvalue weighted by molar-refractivity contribution is 6.21. The number of hydrogen-bond donors (Lipinski definition) is 0. The number of aromatic nitrogens is 5. The lowest BCUT2D eigenvalue weighted by Gasteiger charge is -2.11. The molecule has 248 valence electrons. The molecule has 0 aliphatic carbocycles. The minimum absolute atomic E-state index is 0.569. The molecule has 0 bridgehead atoms. The summed E-state index contributed by atoms with van der Waals surface area (Å²) >= 11 is 0. The fourth-order valence-electron chi connectivity index (χ4n) is 7.29. The molecule has 10 rings (SSSR count). The van der Waals surface area contributed by atoms with Crippen LogP contribution in [0, 0.1) is 0 Å². The molecule has 0 spiro atoms. The quantitative estimate of drug-likeness (QED) is 0.176. The molecule has 10 aromatic rings. The van der Waals surface area contributed by atoms with Gasteiger partial charge in [-0.25, -0.2) is 19.9 Å². The lowest BCUT2D eigenvalue weighted by molar-refractivity contribution is 1.05. The molecule has 0 amide bonds. The van der Waals surface area contributed by atoms with Crippen LogP contribution in [0.4, 0.5) is 0 Å². The van der Waals surface area contributed by atoms with Gasteiger partial charge in [-0.2, -0.15) is 0 Å². The largest absolute Gasteiger partial charge is 0.294 e. The van der Waals surface area contributed by atoms with Crippen molar-refractivity contribution in [1.82, 2.24) is 24.5 Å². The molecule has 0 aliphatic heterocycles. The first-order valence-corrected chi connectivity index (χ1v) is 17.7. The monoisotopic (exact) mass is 677 g/mol. The highest BCUT2D eigenvalue weighted by Crippen LogP contribution is 2.38. The molecule has 0 N–H and O–H groups in total. The second kappa shape index (κ2) is 12.8. The minimum atomic E-state index is 0.569. The molecule has 3 aromatic heterocycles. The van der Waals surface area contributed by atoms with Gasteiger partial charge in [-0.1, -0.05) is 158 Å². The Labute approximate surface area is 306 Å². The van der Waals surface area contributed by atoms with Crippen LogP contribution in [0.3, 0.4) is 0 Å². The highest BCUT2D eigenvalue weighted by atomic mass is 15.1. The van der Waals surface area contributed by atoms with Crippen LogP contribution in [0.5, 0.6) is 0 Å². The molecule has 0 radical (unpaired) electrons. The van der Waals surface area contributed by atoms with Crippen LogP contribution in [0.2, 0.25) is 0 Å². The summed E-state index contributed by atoms with van der Waals surface area (Å²) in [6.07, 6.45) is 1.88. The molecule has 0 unspecified atom stereocenters. The van der Waals surface area contributed by atoms with Gasteiger partial charge in [-0.3, -0.25) is 4.57 Å². The van der Waals surface area contributed by atoms with E-state index in [4.69, 9.17) is 19.9 Å². The predicted octanol–water partition coefficient (Wildman–Crippen LogP) is 11.9. The molecule has 5 nitrogen and oxygen atoms in total. The number of benzene rings is 7. The van der Waals surface area contributed by atoms with Crippen LogP contribution in [0.1, 0.15) is 0 Å². The molecule has 0 aliphatic rings. The maximum absolute atomic E-state index is 5.09. The van der Waals surface area contributed by atoms with Gasteiger partial charge in [-0.15, -0.1) is 0 Å². The fraction of sp³-hybridized carbons (Fsp3) is 0. The summed E-state index contributed by atoms with van der Waals surface area (Å²) in [5, 5.41) is 4.84. The Hall–Kier alpha value is -7.24. The van der Waals surface area contributed by atoms with Crippen LogP contribution in [0.15, 0.2) is 188 Å². The van der Waals surface area contributed by atoms with Crippen molar-refractivity contribution in [2.45, 2.75) is 0 Å². The molecule has 53 heavy (non-hydrogen) atoms. The number of fused-ring (bicyclic) bond motifs is 5. The summed E-state index contributed by atoms with van der Waals surface area (Å²) in [4.78, 5) is 20.0. The average Bonchev–Trinajstić information content (AvgIpc) is 3.59. The normalized spacial score (nSPS) is 11.4. The third-order valence-corrected chi connectivity index (χ3v) is 9.92. The molecule has 0 saturated carbocycles. The summed E-state index contributed by atoms with van der Waals surface area (Å²) in [7, 11) is 0. The van der Waals surface area contributed by atoms with Gasteiger partial charge in [0.15, 0.2) is 17.5 Å². The average molecular weight is 678 g/mol. The first-order valence-electron chi connectivity index (χ1n) is 17.7. The van der Waals surface area contributed by atoms with Gasteiger partial charge in [-0.05, 0) is 57.3 Å². The Morgan fingerprint density at radius 3 is 1.51 bits per heavy atom. The van der Waals surface area contributed by atoms with Crippen LogP contribution in [-0.4, -0.2) is 24.5 Å². The predicted molar refractivity (Wildman–Crippen MR) is 217 cm³/mol. The molecule has 0 saturated heterocycles. The van der Waals surface area contributed by atoms with Crippen molar-refractivity contribution < 1.29 is 0 Å². The Morgan fingerprint density at radius 1 is 0.340 bits per heavy atom. The smallest absolute Gasteiger partial charge is 0.165 e. The Balaban J connectivity index is 1.11. The van der Waals surface area contributed by atoms with Gasteiger partial charge in [0.25, 0.3) is 0 Å². The van der Waals surface area contributed by atoms with E-state index in [0.29, 0.717) is 17.5 Å². The molecule has 3 heterocycles. The van der Waals surface area contributed by atoms with Gasteiger partial charge >= 0.3 is 0 Å². The summed E-state index contributed by atoms with van der Waals surface area (Å²) in [5.41, 5.74) is 9.51. The number of pyridine rings is 1. The van der Waals surface area contributed by atoms with E-state index in [-0.39, 0.29) is 0 Å². The fourth-order valence-corrected chi connectivity index (χ4v) is 7.29. The zero-order valence-corrected chi connectivity index (χ0v) is 28.6. The van der Waals surface area contributed by atoms with Crippen molar-refractivity contribution in [1.29, 1.82) is 0 Å². The molecular formula is C48H31N5. The van der Waals surface area contributed by atoms with E-state index in [1.165, 1.54) is 32.7 Å². The first kappa shape index (κ1) is 30.6. The SMILES string of the molecule is c1ccc(-c2ccc(-c3nc(-c4ccccc4)nc(-c4ccc(-n5c6cc(-c7ccccc7)ccc6c6c7ccccc7ccc65)nc4)n3)cc2)cc1. The molecule has 0 fully saturated rings. The van der Waals surface area contributed by atoms with E-state index >= 15 is 0 Å². The van der Waals surface area contributed by atoms with Crippen molar-refractivity contribution in [2.75, 3.05) is 0 Å². The van der Waals surface area contributed by atoms with Crippen LogP contribution >= 0.6 is 0 Å². The maximum atomic E-state index is 5.09. The van der Waals surface area contributed by atoms with Crippen molar-refractivity contribution in [3.63, 3.8) is 0 Å². The first-order chi connectivity index (χ1) is 26.3. The number of rotatable bonds is 6. The van der Waals surface area contributed by atoms with Gasteiger partial charge in [0.2, 0.25) is 0 Å². The van der Waals surface area contributed by atoms with Crippen LogP contribution < -0.4 is 0 Å². The molecule has 7 aromatic carbocycles. The van der Waals surface area contributed by atoms with Crippen molar-refractivity contribution in [3.05, 3.63) is 188 Å². The number of nitrogens with zero attached hydrogens (tertiary/aromatic N) is 5. The third kappa shape index (κ3) is 5.52. The number of hydrogen-bond acceptors (Lipinski definition) is 4. The van der Waals surface area contributed by atoms with E-state index in [9.17, 15) is 0 Å². The van der Waals surface area contributed by atoms with Gasteiger partial charge < -0.3 is 0 Å². The van der Waals surface area contributed by atoms with Crippen LogP contribution in [-0.2, 0) is 0 Å². The van der Waals surface area contributed by atoms with E-state index in [0.717, 1.165) is 44.7 Å². The second-order valence-electron chi connectivity index (χ2n) is 13.1. The van der Waals surface area contributed by atoms with Gasteiger partial charge in [0.05, 0.1) is 11.0 Å². The Bertz CT molecular complexity index is 2900. The van der Waals surface area contributed by atoms with E-state index < -0.39 is 0 Å². The molecular weight excluding hydrogens is 647 g/mol. The van der Waals surface area contributed by atoms with Gasteiger partial charge in [0, 0.05) is 33.7 Å². The van der Waals surface area contributed by atoms with Crippen molar-refractivity contribution >= 4 is 32.6 Å². The minimum Gasteiger partial charge on any atom is -0.294 e. The van der Waals surface area contributed by atoms with Crippen molar-refractivity contribution in [3.8, 4) is 62.2 Å².